The Kier molecular flexibility index (Phi) is 3.24. The van der Waals surface area contributed by atoms with E-state index in [4.69, 9.17) is 0 Å². The third-order valence-electron chi connectivity index (χ3n) is 3.63. The number of benzene rings is 2. The van der Waals surface area contributed by atoms with Crippen LogP contribution in [0.25, 0.3) is 22.3 Å². The van der Waals surface area contributed by atoms with Crippen molar-refractivity contribution in [1.82, 2.24) is 15.1 Å². The van der Waals surface area contributed by atoms with Crippen molar-refractivity contribution in [1.29, 1.82) is 0 Å². The normalized spacial score (nSPS) is 10.8. The van der Waals surface area contributed by atoms with Gasteiger partial charge in [0.2, 0.25) is 0 Å². The molecule has 0 aliphatic rings. The van der Waals surface area contributed by atoms with E-state index < -0.39 is 5.76 Å². The first-order valence-electron chi connectivity index (χ1n) is 7.24. The zero-order chi connectivity index (χ0) is 16.5. The van der Waals surface area contributed by atoms with Gasteiger partial charge in [0.15, 0.2) is 5.82 Å². The van der Waals surface area contributed by atoms with Crippen molar-refractivity contribution in [2.24, 2.45) is 0 Å². The van der Waals surface area contributed by atoms with Gasteiger partial charge in [-0.05, 0) is 36.4 Å². The molecule has 0 fully saturated rings. The third kappa shape index (κ3) is 2.58. The molecule has 118 valence electrons. The zero-order valence-corrected chi connectivity index (χ0v) is 12.4. The van der Waals surface area contributed by atoms with Crippen molar-refractivity contribution >= 4 is 22.5 Å². The van der Waals surface area contributed by atoms with Gasteiger partial charge in [0.05, 0.1) is 0 Å². The van der Waals surface area contributed by atoms with E-state index in [2.05, 4.69) is 25.0 Å². The lowest BCUT2D eigenvalue weighted by Gasteiger charge is -2.04. The standard InChI is InChI=1S/C17H12N4O3/c22-16(14-9-11-3-1-2-4-13(11)19-14)18-12-7-5-10(6-8-12)15-20-17(23)24-21-15/h1-9,19H,(H,18,22)(H,20,21,23). The monoisotopic (exact) mass is 320 g/mol. The first kappa shape index (κ1) is 14.0. The molecule has 1 amide bonds. The zero-order valence-electron chi connectivity index (χ0n) is 12.4. The molecule has 7 heteroatoms. The lowest BCUT2D eigenvalue weighted by molar-refractivity contribution is 0.102. The topological polar surface area (TPSA) is 104 Å². The van der Waals surface area contributed by atoms with E-state index in [-0.39, 0.29) is 5.91 Å². The smallest absolute Gasteiger partial charge is 0.351 e. The van der Waals surface area contributed by atoms with E-state index >= 15 is 0 Å². The Balaban J connectivity index is 1.54. The summed E-state index contributed by atoms with van der Waals surface area (Å²) < 4.78 is 4.47. The number of hydrogen-bond acceptors (Lipinski definition) is 4. The Hall–Kier alpha value is -3.61. The fourth-order valence-corrected chi connectivity index (χ4v) is 2.46. The molecular formula is C17H12N4O3. The van der Waals surface area contributed by atoms with Gasteiger partial charge < -0.3 is 10.3 Å². The molecule has 2 aromatic carbocycles. The fourth-order valence-electron chi connectivity index (χ4n) is 2.46. The number of amides is 1. The van der Waals surface area contributed by atoms with Gasteiger partial charge in [-0.15, -0.1) is 0 Å². The minimum absolute atomic E-state index is 0.228. The second kappa shape index (κ2) is 5.54. The first-order valence-corrected chi connectivity index (χ1v) is 7.24. The summed E-state index contributed by atoms with van der Waals surface area (Å²) in [4.78, 5) is 28.8. The van der Waals surface area contributed by atoms with Crippen LogP contribution in [0.4, 0.5) is 5.69 Å². The van der Waals surface area contributed by atoms with Crippen LogP contribution in [-0.4, -0.2) is 21.0 Å². The number of rotatable bonds is 3. The second-order valence-corrected chi connectivity index (χ2v) is 5.25. The highest BCUT2D eigenvalue weighted by molar-refractivity contribution is 6.05. The maximum absolute atomic E-state index is 12.3. The molecule has 0 radical (unpaired) electrons. The molecule has 0 bridgehead atoms. The van der Waals surface area contributed by atoms with Gasteiger partial charge in [0.25, 0.3) is 5.91 Å². The molecule has 0 aliphatic heterocycles. The first-order chi connectivity index (χ1) is 11.7. The van der Waals surface area contributed by atoms with Crippen molar-refractivity contribution in [3.63, 3.8) is 0 Å². The predicted octanol–water partition coefficient (Wildman–Crippen LogP) is 2.76. The van der Waals surface area contributed by atoms with Gasteiger partial charge >= 0.3 is 5.76 Å². The van der Waals surface area contributed by atoms with E-state index in [1.54, 1.807) is 30.3 Å². The number of nitrogens with one attached hydrogen (secondary N) is 3. The SMILES string of the molecule is O=C(Nc1ccc(-c2noc(=O)[nH]2)cc1)c1cc2ccccc2[nH]1. The highest BCUT2D eigenvalue weighted by Crippen LogP contribution is 2.19. The molecule has 0 saturated carbocycles. The Morgan fingerprint density at radius 1 is 1.04 bits per heavy atom. The number of H-pyrrole nitrogens is 2. The lowest BCUT2D eigenvalue weighted by Crippen LogP contribution is -2.12. The number of hydrogen-bond donors (Lipinski definition) is 3. The molecule has 4 aromatic rings. The number of anilines is 1. The number of aromatic nitrogens is 3. The van der Waals surface area contributed by atoms with E-state index in [0.29, 0.717) is 22.8 Å². The van der Waals surface area contributed by atoms with E-state index in [1.165, 1.54) is 0 Å². The van der Waals surface area contributed by atoms with E-state index in [0.717, 1.165) is 10.9 Å². The molecule has 3 N–H and O–H groups in total. The van der Waals surface area contributed by atoms with Crippen LogP contribution in [0, 0.1) is 0 Å². The maximum atomic E-state index is 12.3. The number of nitrogens with zero attached hydrogens (tertiary/aromatic N) is 1. The second-order valence-electron chi connectivity index (χ2n) is 5.25. The predicted molar refractivity (Wildman–Crippen MR) is 88.8 cm³/mol. The van der Waals surface area contributed by atoms with Crippen molar-refractivity contribution in [2.45, 2.75) is 0 Å². The van der Waals surface area contributed by atoms with Gasteiger partial charge in [0, 0.05) is 22.2 Å². The molecule has 24 heavy (non-hydrogen) atoms. The summed E-state index contributed by atoms with van der Waals surface area (Å²) in [6, 6.07) is 16.4. The van der Waals surface area contributed by atoms with Crippen molar-refractivity contribution < 1.29 is 9.32 Å². The summed E-state index contributed by atoms with van der Waals surface area (Å²) in [5.41, 5.74) is 2.71. The Bertz CT molecular complexity index is 1040. The number of carbonyl (C=O) groups excluding carboxylic acids is 1. The molecule has 0 unspecified atom stereocenters. The van der Waals surface area contributed by atoms with Crippen molar-refractivity contribution in [3.8, 4) is 11.4 Å². The molecule has 0 spiro atoms. The number of para-hydroxylation sites is 1. The number of fused-ring (bicyclic) bond motifs is 1. The van der Waals surface area contributed by atoms with Gasteiger partial charge in [0.1, 0.15) is 5.69 Å². The average molecular weight is 320 g/mol. The summed E-state index contributed by atoms with van der Waals surface area (Å²) >= 11 is 0. The molecule has 7 nitrogen and oxygen atoms in total. The molecule has 2 aromatic heterocycles. The highest BCUT2D eigenvalue weighted by Gasteiger charge is 2.10. The van der Waals surface area contributed by atoms with Crippen molar-refractivity contribution in [3.05, 3.63) is 70.8 Å². The summed E-state index contributed by atoms with van der Waals surface area (Å²) in [5.74, 6) is -0.497. The van der Waals surface area contributed by atoms with Crippen molar-refractivity contribution in [2.75, 3.05) is 5.32 Å². The van der Waals surface area contributed by atoms with E-state index in [9.17, 15) is 9.59 Å². The largest absolute Gasteiger partial charge is 0.439 e. The summed E-state index contributed by atoms with van der Waals surface area (Å²) in [7, 11) is 0. The summed E-state index contributed by atoms with van der Waals surface area (Å²) in [6.45, 7) is 0. The maximum Gasteiger partial charge on any atom is 0.439 e. The molecule has 4 rings (SSSR count). The number of carbonyl (C=O) groups is 1. The van der Waals surface area contributed by atoms with Gasteiger partial charge in [-0.1, -0.05) is 23.4 Å². The van der Waals surface area contributed by atoms with Crippen LogP contribution >= 0.6 is 0 Å². The molecular weight excluding hydrogens is 308 g/mol. The van der Waals surface area contributed by atoms with Crippen LogP contribution in [0.1, 0.15) is 10.5 Å². The minimum Gasteiger partial charge on any atom is -0.351 e. The van der Waals surface area contributed by atoms with Crippen LogP contribution in [-0.2, 0) is 0 Å². The average Bonchev–Trinajstić information content (AvgIpc) is 3.21. The fraction of sp³-hybridized carbons (Fsp3) is 0. The lowest BCUT2D eigenvalue weighted by atomic mass is 10.2. The summed E-state index contributed by atoms with van der Waals surface area (Å²) in [6.07, 6.45) is 0. The third-order valence-corrected chi connectivity index (χ3v) is 3.63. The van der Waals surface area contributed by atoms with Gasteiger partial charge in [-0.2, -0.15) is 0 Å². The van der Waals surface area contributed by atoms with Crippen LogP contribution in [0.15, 0.2) is 63.9 Å². The molecule has 0 atom stereocenters. The van der Waals surface area contributed by atoms with Gasteiger partial charge in [-0.25, -0.2) is 4.79 Å². The number of aromatic amines is 2. The quantitative estimate of drug-likeness (QED) is 0.540. The highest BCUT2D eigenvalue weighted by atomic mass is 16.5. The molecule has 0 saturated heterocycles. The van der Waals surface area contributed by atoms with Crippen LogP contribution in [0.2, 0.25) is 0 Å². The van der Waals surface area contributed by atoms with Gasteiger partial charge in [-0.3, -0.25) is 14.3 Å². The summed E-state index contributed by atoms with van der Waals surface area (Å²) in [5, 5.41) is 7.41. The minimum atomic E-state index is -0.610. The Morgan fingerprint density at radius 3 is 2.54 bits per heavy atom. The van der Waals surface area contributed by atoms with Crippen LogP contribution in [0.5, 0.6) is 0 Å². The molecule has 2 heterocycles. The Morgan fingerprint density at radius 2 is 1.83 bits per heavy atom. The van der Waals surface area contributed by atoms with E-state index in [1.807, 2.05) is 24.3 Å². The van der Waals surface area contributed by atoms with Crippen LogP contribution in [0.3, 0.4) is 0 Å². The Labute approximate surface area is 135 Å². The van der Waals surface area contributed by atoms with Crippen LogP contribution < -0.4 is 11.1 Å². The molecule has 0 aliphatic carbocycles.